The fourth-order valence-corrected chi connectivity index (χ4v) is 5.02. The minimum atomic E-state index is 0.0601. The van der Waals surface area contributed by atoms with E-state index in [2.05, 4.69) is 38.4 Å². The van der Waals surface area contributed by atoms with E-state index < -0.39 is 0 Å². The number of nitrogens with zero attached hydrogens (tertiary/aromatic N) is 5. The maximum absolute atomic E-state index is 13.6. The van der Waals surface area contributed by atoms with Gasteiger partial charge in [0.1, 0.15) is 11.5 Å². The van der Waals surface area contributed by atoms with E-state index in [4.69, 9.17) is 4.98 Å². The lowest BCUT2D eigenvalue weighted by atomic mass is 10.0. The Labute approximate surface area is 198 Å². The molecule has 1 aliphatic carbocycles. The summed E-state index contributed by atoms with van der Waals surface area (Å²) < 4.78 is 1.92. The molecule has 1 saturated carbocycles. The van der Waals surface area contributed by atoms with Crippen molar-refractivity contribution in [3.63, 3.8) is 0 Å². The van der Waals surface area contributed by atoms with Crippen LogP contribution in [0, 0.1) is 0 Å². The van der Waals surface area contributed by atoms with Crippen LogP contribution in [0.3, 0.4) is 0 Å². The molecule has 34 heavy (non-hydrogen) atoms. The summed E-state index contributed by atoms with van der Waals surface area (Å²) in [5, 5.41) is 4.12. The fraction of sp³-hybridized carbons (Fsp3) is 0.333. The molecule has 0 atom stereocenters. The van der Waals surface area contributed by atoms with Gasteiger partial charge in [-0.15, -0.1) is 0 Å². The van der Waals surface area contributed by atoms with Gasteiger partial charge in [-0.05, 0) is 43.0 Å². The molecule has 1 N–H and O–H groups in total. The molecule has 172 valence electrons. The molecular weight excluding hydrogens is 424 g/mol. The van der Waals surface area contributed by atoms with Gasteiger partial charge in [0, 0.05) is 42.7 Å². The Bertz CT molecular complexity index is 1360. The van der Waals surface area contributed by atoms with Gasteiger partial charge in [-0.1, -0.05) is 43.2 Å². The molecule has 4 aromatic rings. The number of aromatic nitrogens is 4. The van der Waals surface area contributed by atoms with Crippen LogP contribution in [0.15, 0.2) is 65.7 Å². The Morgan fingerprint density at radius 2 is 1.76 bits per heavy atom. The number of anilines is 3. The Balaban J connectivity index is 1.36. The van der Waals surface area contributed by atoms with Gasteiger partial charge in [0.2, 0.25) is 5.95 Å². The molecular formula is C27H28N6O. The number of nitrogens with one attached hydrogen (secondary N) is 1. The molecule has 1 aromatic carbocycles. The molecule has 7 nitrogen and oxygen atoms in total. The van der Waals surface area contributed by atoms with Gasteiger partial charge in [0.05, 0.1) is 11.9 Å². The average molecular weight is 453 g/mol. The Morgan fingerprint density at radius 3 is 2.47 bits per heavy atom. The number of hydrogen-bond acceptors (Lipinski definition) is 6. The molecule has 1 saturated heterocycles. The lowest BCUT2D eigenvalue weighted by Crippen LogP contribution is -2.36. The SMILES string of the molecule is O=c1c(Cc2ccccc2)cc2cnc(Nc3ccc(N4CCC4)cn3)nc2n1C1CCCC1. The van der Waals surface area contributed by atoms with Gasteiger partial charge in [-0.3, -0.25) is 9.36 Å². The monoisotopic (exact) mass is 452 g/mol. The Hall–Kier alpha value is -3.74. The van der Waals surface area contributed by atoms with Crippen molar-refractivity contribution in [1.29, 1.82) is 0 Å². The predicted octanol–water partition coefficient (Wildman–Crippen LogP) is 4.85. The van der Waals surface area contributed by atoms with Crippen molar-refractivity contribution >= 4 is 28.5 Å². The molecule has 2 fully saturated rings. The average Bonchev–Trinajstić information content (AvgIpc) is 3.35. The van der Waals surface area contributed by atoms with Crippen molar-refractivity contribution in [2.24, 2.45) is 0 Å². The summed E-state index contributed by atoms with van der Waals surface area (Å²) in [6.07, 6.45) is 9.85. The van der Waals surface area contributed by atoms with E-state index in [1.807, 2.05) is 47.3 Å². The predicted molar refractivity (Wildman–Crippen MR) is 135 cm³/mol. The third-order valence-corrected chi connectivity index (χ3v) is 6.98. The van der Waals surface area contributed by atoms with Gasteiger partial charge in [0.25, 0.3) is 5.56 Å². The summed E-state index contributed by atoms with van der Waals surface area (Å²) in [5.74, 6) is 1.15. The van der Waals surface area contributed by atoms with E-state index >= 15 is 0 Å². The molecule has 6 rings (SSSR count). The summed E-state index contributed by atoms with van der Waals surface area (Å²) >= 11 is 0. The summed E-state index contributed by atoms with van der Waals surface area (Å²) in [4.78, 5) is 29.8. The van der Waals surface area contributed by atoms with E-state index in [0.717, 1.165) is 61.0 Å². The number of hydrogen-bond donors (Lipinski definition) is 1. The summed E-state index contributed by atoms with van der Waals surface area (Å²) in [6.45, 7) is 2.18. The van der Waals surface area contributed by atoms with Crippen molar-refractivity contribution in [3.8, 4) is 0 Å². The maximum Gasteiger partial charge on any atom is 0.256 e. The molecule has 0 amide bonds. The molecule has 0 unspecified atom stereocenters. The largest absolute Gasteiger partial charge is 0.370 e. The highest BCUT2D eigenvalue weighted by atomic mass is 16.1. The lowest BCUT2D eigenvalue weighted by molar-refractivity contribution is 0.513. The van der Waals surface area contributed by atoms with E-state index in [1.54, 1.807) is 0 Å². The maximum atomic E-state index is 13.6. The number of benzene rings is 1. The van der Waals surface area contributed by atoms with E-state index in [-0.39, 0.29) is 11.6 Å². The number of fused-ring (bicyclic) bond motifs is 1. The van der Waals surface area contributed by atoms with Crippen LogP contribution >= 0.6 is 0 Å². The smallest absolute Gasteiger partial charge is 0.256 e. The first-order valence-corrected chi connectivity index (χ1v) is 12.2. The third-order valence-electron chi connectivity index (χ3n) is 6.98. The number of pyridine rings is 2. The first-order valence-electron chi connectivity index (χ1n) is 12.2. The van der Waals surface area contributed by atoms with Gasteiger partial charge in [-0.2, -0.15) is 4.98 Å². The second-order valence-electron chi connectivity index (χ2n) is 9.29. The lowest BCUT2D eigenvalue weighted by Gasteiger charge is -2.32. The molecule has 2 aliphatic rings. The highest BCUT2D eigenvalue weighted by molar-refractivity contribution is 5.77. The van der Waals surface area contributed by atoms with Gasteiger partial charge in [-0.25, -0.2) is 9.97 Å². The third kappa shape index (κ3) is 4.02. The minimum Gasteiger partial charge on any atom is -0.370 e. The van der Waals surface area contributed by atoms with E-state index in [9.17, 15) is 4.79 Å². The number of rotatable bonds is 6. The topological polar surface area (TPSA) is 75.9 Å². The molecule has 0 radical (unpaired) electrons. The van der Waals surface area contributed by atoms with Crippen LogP contribution in [0.2, 0.25) is 0 Å². The first-order chi connectivity index (χ1) is 16.7. The van der Waals surface area contributed by atoms with Crippen LogP contribution in [-0.2, 0) is 6.42 Å². The summed E-state index contributed by atoms with van der Waals surface area (Å²) in [7, 11) is 0. The van der Waals surface area contributed by atoms with Crippen LogP contribution in [0.4, 0.5) is 17.5 Å². The zero-order chi connectivity index (χ0) is 22.9. The molecule has 0 spiro atoms. The zero-order valence-electron chi connectivity index (χ0n) is 19.2. The summed E-state index contributed by atoms with van der Waals surface area (Å²) in [6, 6.07) is 16.3. The van der Waals surface area contributed by atoms with Crippen LogP contribution < -0.4 is 15.8 Å². The Kier molecular flexibility index (Phi) is 5.45. The normalized spacial score (nSPS) is 16.1. The van der Waals surface area contributed by atoms with Gasteiger partial charge >= 0.3 is 0 Å². The van der Waals surface area contributed by atoms with Crippen molar-refractivity contribution < 1.29 is 0 Å². The van der Waals surface area contributed by atoms with E-state index in [0.29, 0.717) is 23.8 Å². The molecule has 4 heterocycles. The van der Waals surface area contributed by atoms with Crippen LogP contribution in [0.5, 0.6) is 0 Å². The van der Waals surface area contributed by atoms with Crippen molar-refractivity contribution in [1.82, 2.24) is 19.5 Å². The van der Waals surface area contributed by atoms with Crippen LogP contribution in [-0.4, -0.2) is 32.6 Å². The Morgan fingerprint density at radius 1 is 0.941 bits per heavy atom. The highest BCUT2D eigenvalue weighted by Gasteiger charge is 2.23. The van der Waals surface area contributed by atoms with Gasteiger partial charge in [0.15, 0.2) is 0 Å². The van der Waals surface area contributed by atoms with Crippen molar-refractivity contribution in [2.75, 3.05) is 23.3 Å². The van der Waals surface area contributed by atoms with Crippen LogP contribution in [0.25, 0.3) is 11.0 Å². The molecule has 0 bridgehead atoms. The van der Waals surface area contributed by atoms with Crippen molar-refractivity contribution in [2.45, 2.75) is 44.6 Å². The van der Waals surface area contributed by atoms with Crippen molar-refractivity contribution in [3.05, 3.63) is 82.4 Å². The minimum absolute atomic E-state index is 0.0601. The summed E-state index contributed by atoms with van der Waals surface area (Å²) in [5.41, 5.74) is 3.81. The standard InChI is InChI=1S/C27H28N6O/c34-26-20(15-19-7-2-1-3-8-19)16-21-17-29-27(31-25(21)33(26)22-9-4-5-10-22)30-24-12-11-23(18-28-24)32-13-6-14-32/h1-3,7-8,11-12,16-18,22H,4-6,9-10,13-15H2,(H,28,29,30,31). The van der Waals surface area contributed by atoms with E-state index in [1.165, 1.54) is 6.42 Å². The zero-order valence-corrected chi connectivity index (χ0v) is 19.2. The van der Waals surface area contributed by atoms with Crippen LogP contribution in [0.1, 0.15) is 49.3 Å². The molecule has 3 aromatic heterocycles. The quantitative estimate of drug-likeness (QED) is 0.451. The first kappa shape index (κ1) is 20.8. The molecule has 1 aliphatic heterocycles. The fourth-order valence-electron chi connectivity index (χ4n) is 5.02. The highest BCUT2D eigenvalue weighted by Crippen LogP contribution is 2.31. The second kappa shape index (κ2) is 8.89. The second-order valence-corrected chi connectivity index (χ2v) is 9.29. The van der Waals surface area contributed by atoms with Gasteiger partial charge < -0.3 is 10.2 Å². The molecule has 7 heteroatoms.